The van der Waals surface area contributed by atoms with Gasteiger partial charge in [0, 0.05) is 16.1 Å². The average Bonchev–Trinajstić information content (AvgIpc) is 3.24. The molecule has 4 aromatic rings. The van der Waals surface area contributed by atoms with Crippen LogP contribution in [0.25, 0.3) is 27.2 Å². The molecule has 0 aliphatic heterocycles. The lowest BCUT2D eigenvalue weighted by Gasteiger charge is -2.07. The van der Waals surface area contributed by atoms with Crippen LogP contribution in [0.1, 0.15) is 17.3 Å². The summed E-state index contributed by atoms with van der Waals surface area (Å²) in [5.74, 6) is 0.0566. The van der Waals surface area contributed by atoms with Crippen molar-refractivity contribution in [1.29, 1.82) is 0 Å². The normalized spacial score (nSPS) is 11.0. The molecule has 2 heterocycles. The number of nitrogens with zero attached hydrogens (tertiary/aromatic N) is 2. The van der Waals surface area contributed by atoms with Crippen LogP contribution < -0.4 is 0 Å². The monoisotopic (exact) mass is 318 g/mol. The van der Waals surface area contributed by atoms with Crippen LogP contribution in [0.2, 0.25) is 0 Å². The highest BCUT2D eigenvalue weighted by Gasteiger charge is 2.08. The SMILES string of the molecule is CC(=O)c1ccc2c(c1)ncn2-c1cccc(-c2cccs2)c1. The van der Waals surface area contributed by atoms with Crippen molar-refractivity contribution in [1.82, 2.24) is 9.55 Å². The number of fused-ring (bicyclic) bond motifs is 1. The Morgan fingerprint density at radius 1 is 1.09 bits per heavy atom. The third kappa shape index (κ3) is 2.47. The first-order chi connectivity index (χ1) is 11.2. The van der Waals surface area contributed by atoms with E-state index in [1.165, 1.54) is 10.4 Å². The van der Waals surface area contributed by atoms with Gasteiger partial charge in [0.05, 0.1) is 11.0 Å². The van der Waals surface area contributed by atoms with E-state index in [1.54, 1.807) is 18.3 Å². The van der Waals surface area contributed by atoms with Gasteiger partial charge < -0.3 is 0 Å². The molecule has 0 saturated heterocycles. The smallest absolute Gasteiger partial charge is 0.159 e. The molecular formula is C19H14N2OS. The first-order valence-corrected chi connectivity index (χ1v) is 8.23. The van der Waals surface area contributed by atoms with Gasteiger partial charge in [0.15, 0.2) is 5.78 Å². The minimum absolute atomic E-state index is 0.0566. The number of Topliss-reactive ketones (excluding diaryl/α,β-unsaturated/α-hetero) is 1. The second-order valence-corrected chi connectivity index (χ2v) is 6.35. The van der Waals surface area contributed by atoms with Crippen molar-refractivity contribution in [3.05, 3.63) is 71.9 Å². The highest BCUT2D eigenvalue weighted by Crippen LogP contribution is 2.27. The van der Waals surface area contributed by atoms with Crippen LogP contribution in [0.15, 0.2) is 66.3 Å². The molecule has 3 nitrogen and oxygen atoms in total. The number of carbonyl (C=O) groups is 1. The highest BCUT2D eigenvalue weighted by molar-refractivity contribution is 7.13. The van der Waals surface area contributed by atoms with Gasteiger partial charge in [-0.25, -0.2) is 4.98 Å². The maximum Gasteiger partial charge on any atom is 0.159 e. The quantitative estimate of drug-likeness (QED) is 0.501. The van der Waals surface area contributed by atoms with Crippen molar-refractivity contribution in [2.24, 2.45) is 0 Å². The van der Waals surface area contributed by atoms with E-state index in [-0.39, 0.29) is 5.78 Å². The first kappa shape index (κ1) is 13.9. The average molecular weight is 318 g/mol. The summed E-state index contributed by atoms with van der Waals surface area (Å²) in [6.07, 6.45) is 1.81. The largest absolute Gasteiger partial charge is 0.299 e. The van der Waals surface area contributed by atoms with Crippen LogP contribution in [0.3, 0.4) is 0 Å². The van der Waals surface area contributed by atoms with Gasteiger partial charge in [-0.15, -0.1) is 11.3 Å². The van der Waals surface area contributed by atoms with E-state index in [4.69, 9.17) is 0 Å². The fourth-order valence-corrected chi connectivity index (χ4v) is 3.41. The van der Waals surface area contributed by atoms with Crippen molar-refractivity contribution < 1.29 is 4.79 Å². The number of hydrogen-bond donors (Lipinski definition) is 0. The Morgan fingerprint density at radius 3 is 2.78 bits per heavy atom. The Kier molecular flexibility index (Phi) is 3.32. The van der Waals surface area contributed by atoms with Crippen LogP contribution in [0.4, 0.5) is 0 Å². The molecule has 0 unspecified atom stereocenters. The molecule has 0 spiro atoms. The van der Waals surface area contributed by atoms with Crippen molar-refractivity contribution in [3.8, 4) is 16.1 Å². The maximum absolute atomic E-state index is 11.5. The molecule has 2 aromatic heterocycles. The number of thiophene rings is 1. The Morgan fingerprint density at radius 2 is 2.00 bits per heavy atom. The zero-order valence-electron chi connectivity index (χ0n) is 12.6. The van der Waals surface area contributed by atoms with Gasteiger partial charge >= 0.3 is 0 Å². The second kappa shape index (κ2) is 5.48. The van der Waals surface area contributed by atoms with Gasteiger partial charge in [-0.1, -0.05) is 18.2 Å². The lowest BCUT2D eigenvalue weighted by molar-refractivity contribution is 0.101. The van der Waals surface area contributed by atoms with E-state index >= 15 is 0 Å². The number of imidazole rings is 1. The number of hydrogen-bond acceptors (Lipinski definition) is 3. The van der Waals surface area contributed by atoms with Gasteiger partial charge in [-0.2, -0.15) is 0 Å². The second-order valence-electron chi connectivity index (χ2n) is 5.40. The molecule has 0 radical (unpaired) electrons. The molecule has 4 rings (SSSR count). The first-order valence-electron chi connectivity index (χ1n) is 7.35. The van der Waals surface area contributed by atoms with Gasteiger partial charge in [0.1, 0.15) is 6.33 Å². The molecule has 0 fully saturated rings. The molecule has 0 aliphatic rings. The number of ketones is 1. The fourth-order valence-electron chi connectivity index (χ4n) is 2.69. The minimum atomic E-state index is 0.0566. The minimum Gasteiger partial charge on any atom is -0.299 e. The van der Waals surface area contributed by atoms with E-state index in [0.717, 1.165) is 16.7 Å². The zero-order chi connectivity index (χ0) is 15.8. The van der Waals surface area contributed by atoms with E-state index in [2.05, 4.69) is 51.3 Å². The molecule has 0 bridgehead atoms. The number of aromatic nitrogens is 2. The molecule has 0 atom stereocenters. The standard InChI is InChI=1S/C19H14N2OS/c1-13(22)14-7-8-18-17(11-14)20-12-21(18)16-5-2-4-15(10-16)19-6-3-9-23-19/h2-12H,1H3. The predicted molar refractivity (Wildman–Crippen MR) is 94.4 cm³/mol. The van der Waals surface area contributed by atoms with E-state index in [1.807, 2.05) is 24.5 Å². The molecule has 0 N–H and O–H groups in total. The molecule has 0 amide bonds. The van der Waals surface area contributed by atoms with Gasteiger partial charge in [0.25, 0.3) is 0 Å². The Balaban J connectivity index is 1.83. The zero-order valence-corrected chi connectivity index (χ0v) is 13.4. The summed E-state index contributed by atoms with van der Waals surface area (Å²) in [5, 5.41) is 2.08. The molecule has 0 saturated carbocycles. The number of rotatable bonds is 3. The summed E-state index contributed by atoms with van der Waals surface area (Å²) in [7, 11) is 0. The molecular weight excluding hydrogens is 304 g/mol. The Hall–Kier alpha value is -2.72. The lowest BCUT2D eigenvalue weighted by Crippen LogP contribution is -1.94. The van der Waals surface area contributed by atoms with Crippen molar-refractivity contribution >= 4 is 28.2 Å². The molecule has 2 aromatic carbocycles. The summed E-state index contributed by atoms with van der Waals surface area (Å²) in [6.45, 7) is 1.57. The van der Waals surface area contributed by atoms with E-state index in [9.17, 15) is 4.79 Å². The summed E-state index contributed by atoms with van der Waals surface area (Å²) >= 11 is 1.73. The molecule has 0 aliphatic carbocycles. The van der Waals surface area contributed by atoms with E-state index < -0.39 is 0 Å². The van der Waals surface area contributed by atoms with Crippen LogP contribution in [0.5, 0.6) is 0 Å². The Bertz CT molecular complexity index is 999. The summed E-state index contributed by atoms with van der Waals surface area (Å²) in [4.78, 5) is 17.2. The molecule has 4 heteroatoms. The van der Waals surface area contributed by atoms with Gasteiger partial charge in [0.2, 0.25) is 0 Å². The highest BCUT2D eigenvalue weighted by atomic mass is 32.1. The van der Waals surface area contributed by atoms with E-state index in [0.29, 0.717) is 5.56 Å². The Labute approximate surface area is 137 Å². The van der Waals surface area contributed by atoms with Crippen LogP contribution in [-0.4, -0.2) is 15.3 Å². The van der Waals surface area contributed by atoms with Gasteiger partial charge in [-0.05, 0) is 54.3 Å². The number of carbonyl (C=O) groups excluding carboxylic acids is 1. The van der Waals surface area contributed by atoms with Crippen LogP contribution >= 0.6 is 11.3 Å². The predicted octanol–water partition coefficient (Wildman–Crippen LogP) is 4.96. The lowest BCUT2D eigenvalue weighted by atomic mass is 10.1. The maximum atomic E-state index is 11.5. The third-order valence-corrected chi connectivity index (χ3v) is 4.80. The van der Waals surface area contributed by atoms with Crippen LogP contribution in [-0.2, 0) is 0 Å². The van der Waals surface area contributed by atoms with Crippen molar-refractivity contribution in [3.63, 3.8) is 0 Å². The third-order valence-electron chi connectivity index (χ3n) is 3.88. The summed E-state index contributed by atoms with van der Waals surface area (Å²) in [5.41, 5.74) is 4.78. The summed E-state index contributed by atoms with van der Waals surface area (Å²) < 4.78 is 2.05. The summed E-state index contributed by atoms with van der Waals surface area (Å²) in [6, 6.07) is 18.2. The number of benzene rings is 2. The van der Waals surface area contributed by atoms with Crippen molar-refractivity contribution in [2.75, 3.05) is 0 Å². The van der Waals surface area contributed by atoms with Gasteiger partial charge in [-0.3, -0.25) is 9.36 Å². The fraction of sp³-hybridized carbons (Fsp3) is 0.0526. The molecule has 23 heavy (non-hydrogen) atoms. The molecule has 112 valence electrons. The van der Waals surface area contributed by atoms with Crippen LogP contribution in [0, 0.1) is 0 Å². The topological polar surface area (TPSA) is 34.9 Å². The van der Waals surface area contributed by atoms with Crippen molar-refractivity contribution in [2.45, 2.75) is 6.92 Å².